The molecule has 0 radical (unpaired) electrons. The van der Waals surface area contributed by atoms with E-state index in [4.69, 9.17) is 4.74 Å². The molecule has 7 nitrogen and oxygen atoms in total. The van der Waals surface area contributed by atoms with Gasteiger partial charge in [0.05, 0.1) is 19.3 Å². The number of amides is 1. The summed E-state index contributed by atoms with van der Waals surface area (Å²) in [7, 11) is 3.16. The minimum Gasteiger partial charge on any atom is -0.383 e. The lowest BCUT2D eigenvalue weighted by atomic mass is 10.5. The van der Waals surface area contributed by atoms with Crippen LogP contribution in [0.2, 0.25) is 0 Å². The van der Waals surface area contributed by atoms with E-state index in [0.717, 1.165) is 6.20 Å². The fraction of sp³-hybridized carbons (Fsp3) is 0.500. The van der Waals surface area contributed by atoms with E-state index < -0.39 is 5.82 Å². The number of carbonyl (C=O) groups is 1. The van der Waals surface area contributed by atoms with Crippen molar-refractivity contribution in [3.63, 3.8) is 0 Å². The van der Waals surface area contributed by atoms with Crippen LogP contribution in [0.4, 0.5) is 16.2 Å². The molecular weight excluding hydrogens is 241 g/mol. The van der Waals surface area contributed by atoms with Crippen molar-refractivity contribution in [2.75, 3.05) is 44.5 Å². The summed E-state index contributed by atoms with van der Waals surface area (Å²) >= 11 is 0. The lowest BCUT2D eigenvalue weighted by Crippen LogP contribution is -2.32. The van der Waals surface area contributed by atoms with Crippen molar-refractivity contribution in [2.45, 2.75) is 0 Å². The Kier molecular flexibility index (Phi) is 5.78. The lowest BCUT2D eigenvalue weighted by molar-refractivity contribution is -0.119. The molecule has 0 unspecified atom stereocenters. The van der Waals surface area contributed by atoms with E-state index >= 15 is 0 Å². The van der Waals surface area contributed by atoms with Gasteiger partial charge in [0.1, 0.15) is 0 Å². The predicted molar refractivity (Wildman–Crippen MR) is 64.9 cm³/mol. The fourth-order valence-corrected chi connectivity index (χ4v) is 1.13. The van der Waals surface area contributed by atoms with Crippen molar-refractivity contribution in [1.29, 1.82) is 0 Å². The highest BCUT2D eigenvalue weighted by Crippen LogP contribution is 2.10. The SMILES string of the molecule is CNc1ncc(F)c(NCC(=O)NCCOC)n1. The molecule has 0 atom stereocenters. The number of carbonyl (C=O) groups excluding carboxylic acids is 1. The zero-order valence-electron chi connectivity index (χ0n) is 10.3. The minimum atomic E-state index is -0.612. The van der Waals surface area contributed by atoms with Gasteiger partial charge in [-0.05, 0) is 0 Å². The molecule has 0 aromatic carbocycles. The van der Waals surface area contributed by atoms with Crippen molar-refractivity contribution in [1.82, 2.24) is 15.3 Å². The maximum Gasteiger partial charge on any atom is 0.239 e. The first-order valence-corrected chi connectivity index (χ1v) is 5.37. The van der Waals surface area contributed by atoms with E-state index in [1.807, 2.05) is 0 Å². The standard InChI is InChI=1S/C10H16FN5O2/c1-12-10-15-5-7(11)9(16-10)14-6-8(17)13-3-4-18-2/h5H,3-4,6H2,1-2H3,(H,13,17)(H2,12,14,15,16). The molecule has 18 heavy (non-hydrogen) atoms. The maximum absolute atomic E-state index is 13.3. The van der Waals surface area contributed by atoms with Crippen molar-refractivity contribution >= 4 is 17.7 Å². The second kappa shape index (κ2) is 7.38. The molecule has 0 aliphatic rings. The van der Waals surface area contributed by atoms with Gasteiger partial charge < -0.3 is 20.7 Å². The summed E-state index contributed by atoms with van der Waals surface area (Å²) in [6, 6.07) is 0. The third kappa shape index (κ3) is 4.50. The van der Waals surface area contributed by atoms with Gasteiger partial charge in [-0.15, -0.1) is 0 Å². The number of rotatable bonds is 7. The number of anilines is 2. The molecule has 3 N–H and O–H groups in total. The van der Waals surface area contributed by atoms with Gasteiger partial charge in [0.2, 0.25) is 11.9 Å². The number of halogens is 1. The van der Waals surface area contributed by atoms with Crippen LogP contribution in [-0.2, 0) is 9.53 Å². The van der Waals surface area contributed by atoms with Gasteiger partial charge in [-0.2, -0.15) is 4.98 Å². The van der Waals surface area contributed by atoms with Gasteiger partial charge in [0.25, 0.3) is 0 Å². The topological polar surface area (TPSA) is 88.2 Å². The van der Waals surface area contributed by atoms with E-state index in [2.05, 4.69) is 25.9 Å². The highest BCUT2D eigenvalue weighted by atomic mass is 19.1. The quantitative estimate of drug-likeness (QED) is 0.588. The minimum absolute atomic E-state index is 0.0174. The Bertz CT molecular complexity index is 402. The van der Waals surface area contributed by atoms with Crippen LogP contribution in [0.25, 0.3) is 0 Å². The summed E-state index contributed by atoms with van der Waals surface area (Å²) in [6.45, 7) is 0.767. The molecule has 1 rings (SSSR count). The maximum atomic E-state index is 13.3. The average Bonchev–Trinajstić information content (AvgIpc) is 2.38. The van der Waals surface area contributed by atoms with Crippen LogP contribution in [0.15, 0.2) is 6.20 Å². The molecule has 0 aliphatic heterocycles. The third-order valence-corrected chi connectivity index (χ3v) is 2.01. The molecule has 0 spiro atoms. The number of aromatic nitrogens is 2. The molecule has 0 fully saturated rings. The summed E-state index contributed by atoms with van der Waals surface area (Å²) in [5, 5.41) is 7.87. The zero-order chi connectivity index (χ0) is 13.4. The van der Waals surface area contributed by atoms with Gasteiger partial charge in [0, 0.05) is 20.7 Å². The van der Waals surface area contributed by atoms with Gasteiger partial charge >= 0.3 is 0 Å². The summed E-state index contributed by atoms with van der Waals surface area (Å²) < 4.78 is 18.1. The third-order valence-electron chi connectivity index (χ3n) is 2.01. The Hall–Kier alpha value is -1.96. The first kappa shape index (κ1) is 14.1. The second-order valence-electron chi connectivity index (χ2n) is 3.34. The number of hydrogen-bond acceptors (Lipinski definition) is 6. The van der Waals surface area contributed by atoms with Crippen molar-refractivity contribution in [3.8, 4) is 0 Å². The lowest BCUT2D eigenvalue weighted by Gasteiger charge is -2.08. The molecule has 0 aliphatic carbocycles. The molecule has 100 valence electrons. The van der Waals surface area contributed by atoms with Crippen LogP contribution in [0.1, 0.15) is 0 Å². The van der Waals surface area contributed by atoms with Crippen LogP contribution in [0, 0.1) is 5.82 Å². The summed E-state index contributed by atoms with van der Waals surface area (Å²) in [6.07, 6.45) is 1.03. The first-order chi connectivity index (χ1) is 8.67. The van der Waals surface area contributed by atoms with Crippen LogP contribution in [-0.4, -0.2) is 49.7 Å². The molecule has 0 saturated carbocycles. The smallest absolute Gasteiger partial charge is 0.239 e. The van der Waals surface area contributed by atoms with E-state index in [1.54, 1.807) is 14.2 Å². The Morgan fingerprint density at radius 3 is 3.00 bits per heavy atom. The van der Waals surface area contributed by atoms with Gasteiger partial charge in [-0.25, -0.2) is 9.37 Å². The van der Waals surface area contributed by atoms with E-state index in [-0.39, 0.29) is 24.2 Å². The van der Waals surface area contributed by atoms with Gasteiger partial charge in [-0.3, -0.25) is 4.79 Å². The molecule has 1 heterocycles. The number of ether oxygens (including phenoxy) is 1. The highest BCUT2D eigenvalue weighted by molar-refractivity contribution is 5.80. The number of nitrogens with one attached hydrogen (secondary N) is 3. The summed E-state index contributed by atoms with van der Waals surface area (Å²) in [5.74, 6) is -0.621. The van der Waals surface area contributed by atoms with Crippen LogP contribution in [0.5, 0.6) is 0 Å². The first-order valence-electron chi connectivity index (χ1n) is 5.37. The molecular formula is C10H16FN5O2. The molecule has 0 bridgehead atoms. The Morgan fingerprint density at radius 2 is 2.33 bits per heavy atom. The van der Waals surface area contributed by atoms with Crippen LogP contribution >= 0.6 is 0 Å². The predicted octanol–water partition coefficient (Wildman–Crippen LogP) is -0.168. The van der Waals surface area contributed by atoms with Crippen LogP contribution < -0.4 is 16.0 Å². The zero-order valence-corrected chi connectivity index (χ0v) is 10.3. The van der Waals surface area contributed by atoms with Gasteiger partial charge in [-0.1, -0.05) is 0 Å². The molecule has 1 aromatic rings. The number of methoxy groups -OCH3 is 1. The van der Waals surface area contributed by atoms with E-state index in [1.165, 1.54) is 0 Å². The normalized spacial score (nSPS) is 9.94. The van der Waals surface area contributed by atoms with Crippen molar-refractivity contribution in [3.05, 3.63) is 12.0 Å². The van der Waals surface area contributed by atoms with Crippen molar-refractivity contribution < 1.29 is 13.9 Å². The number of nitrogens with zero attached hydrogens (tertiary/aromatic N) is 2. The second-order valence-corrected chi connectivity index (χ2v) is 3.34. The molecule has 1 aromatic heterocycles. The average molecular weight is 257 g/mol. The van der Waals surface area contributed by atoms with Crippen molar-refractivity contribution in [2.24, 2.45) is 0 Å². The monoisotopic (exact) mass is 257 g/mol. The van der Waals surface area contributed by atoms with E-state index in [0.29, 0.717) is 13.2 Å². The van der Waals surface area contributed by atoms with E-state index in [9.17, 15) is 9.18 Å². The Morgan fingerprint density at radius 1 is 1.56 bits per heavy atom. The van der Waals surface area contributed by atoms with Gasteiger partial charge in [0.15, 0.2) is 11.6 Å². The fourth-order valence-electron chi connectivity index (χ4n) is 1.13. The Labute approximate surface area is 104 Å². The van der Waals surface area contributed by atoms with Crippen LogP contribution in [0.3, 0.4) is 0 Å². The summed E-state index contributed by atoms with van der Waals surface area (Å²) in [5.41, 5.74) is 0. The summed E-state index contributed by atoms with van der Waals surface area (Å²) in [4.78, 5) is 18.9. The highest BCUT2D eigenvalue weighted by Gasteiger charge is 2.07. The Balaban J connectivity index is 2.45. The molecule has 0 saturated heterocycles. The molecule has 8 heteroatoms. The number of hydrogen-bond donors (Lipinski definition) is 3. The molecule has 1 amide bonds. The largest absolute Gasteiger partial charge is 0.383 e.